The van der Waals surface area contributed by atoms with Crippen molar-refractivity contribution in [2.75, 3.05) is 13.1 Å². The summed E-state index contributed by atoms with van der Waals surface area (Å²) in [4.78, 5) is 18.8. The number of ether oxygens (including phenoxy) is 1. The van der Waals surface area contributed by atoms with Gasteiger partial charge in [-0.05, 0) is 41.1 Å². The fraction of sp³-hybridized carbons (Fsp3) is 0.250. The lowest BCUT2D eigenvalue weighted by molar-refractivity contribution is 0.0771. The van der Waals surface area contributed by atoms with Crippen LogP contribution >= 0.6 is 15.9 Å². The van der Waals surface area contributed by atoms with Gasteiger partial charge < -0.3 is 9.64 Å². The number of hydrogen-bond acceptors (Lipinski definition) is 4. The molecule has 4 rings (SSSR count). The Morgan fingerprint density at radius 1 is 1.22 bits per heavy atom. The smallest absolute Gasteiger partial charge is 0.257 e. The molecular weight excluding hydrogens is 408 g/mol. The second kappa shape index (κ2) is 7.52. The molecule has 3 aromatic rings. The SMILES string of the molecule is Cc1c(C(=O)N2CCC(Oc3ccncc3Br)C2)cnn1-c1ccccc1. The summed E-state index contributed by atoms with van der Waals surface area (Å²) < 4.78 is 8.64. The van der Waals surface area contributed by atoms with Crippen LogP contribution in [0.5, 0.6) is 5.75 Å². The maximum absolute atomic E-state index is 13.0. The highest BCUT2D eigenvalue weighted by Gasteiger charge is 2.30. The average molecular weight is 427 g/mol. The van der Waals surface area contributed by atoms with E-state index in [-0.39, 0.29) is 12.0 Å². The summed E-state index contributed by atoms with van der Waals surface area (Å²) in [6.07, 6.45) is 5.82. The van der Waals surface area contributed by atoms with E-state index in [1.165, 1.54) is 0 Å². The van der Waals surface area contributed by atoms with Crippen molar-refractivity contribution >= 4 is 21.8 Å². The van der Waals surface area contributed by atoms with Gasteiger partial charge in [-0.25, -0.2) is 4.68 Å². The van der Waals surface area contributed by atoms with Crippen molar-refractivity contribution in [3.63, 3.8) is 0 Å². The topological polar surface area (TPSA) is 60.3 Å². The van der Waals surface area contributed by atoms with E-state index in [0.29, 0.717) is 18.7 Å². The molecule has 1 fully saturated rings. The molecule has 0 aliphatic carbocycles. The Hall–Kier alpha value is -2.67. The quantitative estimate of drug-likeness (QED) is 0.638. The minimum absolute atomic E-state index is 0.00502. The number of amides is 1. The van der Waals surface area contributed by atoms with Crippen molar-refractivity contribution in [1.29, 1.82) is 0 Å². The van der Waals surface area contributed by atoms with Crippen molar-refractivity contribution in [3.05, 3.63) is 70.7 Å². The molecule has 1 aliphatic rings. The largest absolute Gasteiger partial charge is 0.487 e. The molecule has 0 N–H and O–H groups in total. The zero-order chi connectivity index (χ0) is 18.8. The van der Waals surface area contributed by atoms with Crippen LogP contribution in [0.3, 0.4) is 0 Å². The van der Waals surface area contributed by atoms with Gasteiger partial charge in [0, 0.05) is 25.4 Å². The van der Waals surface area contributed by atoms with Crippen molar-refractivity contribution in [2.24, 2.45) is 0 Å². The lowest BCUT2D eigenvalue weighted by Crippen LogP contribution is -2.31. The fourth-order valence-corrected chi connectivity index (χ4v) is 3.61. The summed E-state index contributed by atoms with van der Waals surface area (Å²) in [6, 6.07) is 11.6. The van der Waals surface area contributed by atoms with E-state index in [2.05, 4.69) is 26.0 Å². The molecule has 1 atom stereocenters. The lowest BCUT2D eigenvalue weighted by atomic mass is 10.2. The summed E-state index contributed by atoms with van der Waals surface area (Å²) in [5, 5.41) is 4.40. The lowest BCUT2D eigenvalue weighted by Gasteiger charge is -2.17. The Bertz CT molecular complexity index is 958. The molecule has 7 heteroatoms. The number of aromatic nitrogens is 3. The van der Waals surface area contributed by atoms with Crippen LogP contribution in [-0.4, -0.2) is 44.8 Å². The summed E-state index contributed by atoms with van der Waals surface area (Å²) in [5.41, 5.74) is 2.41. The van der Waals surface area contributed by atoms with Gasteiger partial charge in [0.2, 0.25) is 0 Å². The molecule has 138 valence electrons. The normalized spacial score (nSPS) is 16.5. The van der Waals surface area contributed by atoms with Crippen LogP contribution in [-0.2, 0) is 0 Å². The molecule has 3 heterocycles. The van der Waals surface area contributed by atoms with Crippen molar-refractivity contribution < 1.29 is 9.53 Å². The summed E-state index contributed by atoms with van der Waals surface area (Å²) in [5.74, 6) is 0.743. The van der Waals surface area contributed by atoms with Gasteiger partial charge in [-0.15, -0.1) is 0 Å². The molecule has 0 saturated carbocycles. The van der Waals surface area contributed by atoms with Gasteiger partial charge >= 0.3 is 0 Å². The van der Waals surface area contributed by atoms with Crippen LogP contribution in [0.1, 0.15) is 22.5 Å². The highest BCUT2D eigenvalue weighted by Crippen LogP contribution is 2.27. The Labute approximate surface area is 165 Å². The van der Waals surface area contributed by atoms with E-state index >= 15 is 0 Å². The first kappa shape index (κ1) is 17.7. The number of rotatable bonds is 4. The predicted molar refractivity (Wildman–Crippen MR) is 105 cm³/mol. The number of para-hydroxylation sites is 1. The van der Waals surface area contributed by atoms with Gasteiger partial charge in [0.15, 0.2) is 0 Å². The molecule has 0 radical (unpaired) electrons. The van der Waals surface area contributed by atoms with E-state index in [4.69, 9.17) is 4.74 Å². The zero-order valence-corrected chi connectivity index (χ0v) is 16.5. The van der Waals surface area contributed by atoms with Crippen LogP contribution in [0.2, 0.25) is 0 Å². The first-order valence-corrected chi connectivity index (χ1v) is 9.58. The van der Waals surface area contributed by atoms with Crippen LogP contribution in [0.4, 0.5) is 0 Å². The molecule has 2 aromatic heterocycles. The maximum atomic E-state index is 13.0. The van der Waals surface area contributed by atoms with Gasteiger partial charge in [0.05, 0.1) is 34.2 Å². The van der Waals surface area contributed by atoms with Crippen LogP contribution in [0.15, 0.2) is 59.5 Å². The second-order valence-electron chi connectivity index (χ2n) is 6.48. The van der Waals surface area contributed by atoms with Gasteiger partial charge in [0.1, 0.15) is 11.9 Å². The number of hydrogen-bond donors (Lipinski definition) is 0. The van der Waals surface area contributed by atoms with E-state index in [1.54, 1.807) is 23.3 Å². The van der Waals surface area contributed by atoms with E-state index in [1.807, 2.05) is 48.2 Å². The van der Waals surface area contributed by atoms with Crippen molar-refractivity contribution in [2.45, 2.75) is 19.4 Å². The molecule has 1 saturated heterocycles. The highest BCUT2D eigenvalue weighted by atomic mass is 79.9. The first-order valence-electron chi connectivity index (χ1n) is 8.79. The molecule has 6 nitrogen and oxygen atoms in total. The van der Waals surface area contributed by atoms with Crippen molar-refractivity contribution in [1.82, 2.24) is 19.7 Å². The number of benzene rings is 1. The Balaban J connectivity index is 1.47. The zero-order valence-electron chi connectivity index (χ0n) is 14.9. The summed E-state index contributed by atoms with van der Waals surface area (Å²) >= 11 is 3.44. The standard InChI is InChI=1S/C20H19BrN4O2/c1-14-17(11-23-25(14)15-5-3-2-4-6-15)20(26)24-10-8-16(13-24)27-19-7-9-22-12-18(19)21/h2-7,9,11-12,16H,8,10,13H2,1H3. The molecule has 1 unspecified atom stereocenters. The van der Waals surface area contributed by atoms with Crippen LogP contribution < -0.4 is 4.74 Å². The maximum Gasteiger partial charge on any atom is 0.257 e. The first-order chi connectivity index (χ1) is 13.1. The number of nitrogens with zero attached hydrogens (tertiary/aromatic N) is 4. The molecule has 0 bridgehead atoms. The fourth-order valence-electron chi connectivity index (χ4n) is 3.27. The minimum atomic E-state index is -0.0304. The average Bonchev–Trinajstić information content (AvgIpc) is 3.31. The van der Waals surface area contributed by atoms with Gasteiger partial charge in [0.25, 0.3) is 5.91 Å². The Morgan fingerprint density at radius 3 is 2.81 bits per heavy atom. The number of likely N-dealkylation sites (tertiary alicyclic amines) is 1. The van der Waals surface area contributed by atoms with Crippen molar-refractivity contribution in [3.8, 4) is 11.4 Å². The molecule has 27 heavy (non-hydrogen) atoms. The number of carbonyl (C=O) groups excluding carboxylic acids is 1. The van der Waals surface area contributed by atoms with Crippen LogP contribution in [0.25, 0.3) is 5.69 Å². The third kappa shape index (κ3) is 3.60. The molecule has 1 aliphatic heterocycles. The Kier molecular flexibility index (Phi) is 4.94. The molecule has 0 spiro atoms. The monoisotopic (exact) mass is 426 g/mol. The van der Waals surface area contributed by atoms with E-state index < -0.39 is 0 Å². The highest BCUT2D eigenvalue weighted by molar-refractivity contribution is 9.10. The van der Waals surface area contributed by atoms with Gasteiger partial charge in [-0.1, -0.05) is 18.2 Å². The van der Waals surface area contributed by atoms with Crippen LogP contribution in [0, 0.1) is 6.92 Å². The number of carbonyl (C=O) groups is 1. The molecule has 1 amide bonds. The summed E-state index contributed by atoms with van der Waals surface area (Å²) in [7, 11) is 0. The number of pyridine rings is 1. The molecular formula is C20H19BrN4O2. The second-order valence-corrected chi connectivity index (χ2v) is 7.33. The van der Waals surface area contributed by atoms with E-state index in [0.717, 1.165) is 28.0 Å². The number of halogens is 1. The third-order valence-corrected chi connectivity index (χ3v) is 5.30. The van der Waals surface area contributed by atoms with Gasteiger partial charge in [-0.2, -0.15) is 5.10 Å². The minimum Gasteiger partial charge on any atom is -0.487 e. The molecule has 1 aromatic carbocycles. The van der Waals surface area contributed by atoms with Gasteiger partial charge in [-0.3, -0.25) is 9.78 Å². The summed E-state index contributed by atoms with van der Waals surface area (Å²) in [6.45, 7) is 3.15. The Morgan fingerprint density at radius 2 is 2.04 bits per heavy atom. The third-order valence-electron chi connectivity index (χ3n) is 4.70. The van der Waals surface area contributed by atoms with E-state index in [9.17, 15) is 4.79 Å². The predicted octanol–water partition coefficient (Wildman–Crippen LogP) is 3.63.